The van der Waals surface area contributed by atoms with Crippen molar-refractivity contribution in [3.05, 3.63) is 22.4 Å². The Morgan fingerprint density at radius 1 is 1.44 bits per heavy atom. The molecule has 16 heavy (non-hydrogen) atoms. The lowest BCUT2D eigenvalue weighted by Crippen LogP contribution is -2.26. The van der Waals surface area contributed by atoms with Crippen molar-refractivity contribution in [2.75, 3.05) is 13.1 Å². The summed E-state index contributed by atoms with van der Waals surface area (Å²) < 4.78 is 0. The quantitative estimate of drug-likeness (QED) is 0.795. The first-order valence-corrected chi connectivity index (χ1v) is 7.45. The van der Waals surface area contributed by atoms with E-state index in [1.165, 1.54) is 50.1 Å². The average Bonchev–Trinajstić information content (AvgIpc) is 2.90. The van der Waals surface area contributed by atoms with Gasteiger partial charge >= 0.3 is 0 Å². The molecule has 1 aromatic heterocycles. The van der Waals surface area contributed by atoms with Crippen molar-refractivity contribution in [2.45, 2.75) is 39.0 Å². The van der Waals surface area contributed by atoms with Crippen LogP contribution in [0.15, 0.2) is 17.5 Å². The third-order valence-electron chi connectivity index (χ3n) is 3.53. The maximum Gasteiger partial charge on any atom is 0.00483 e. The number of thiophene rings is 1. The molecule has 1 unspecified atom stereocenters. The van der Waals surface area contributed by atoms with E-state index in [0.29, 0.717) is 0 Å². The fraction of sp³-hybridized carbons (Fsp3) is 0.714. The van der Waals surface area contributed by atoms with E-state index in [2.05, 4.69) is 29.8 Å². The van der Waals surface area contributed by atoms with Crippen LogP contribution in [0.3, 0.4) is 0 Å². The fourth-order valence-corrected chi connectivity index (χ4v) is 3.46. The van der Waals surface area contributed by atoms with Crippen LogP contribution < -0.4 is 5.32 Å². The molecule has 2 rings (SSSR count). The van der Waals surface area contributed by atoms with Crippen LogP contribution in [0.1, 0.15) is 37.5 Å². The summed E-state index contributed by atoms with van der Waals surface area (Å²) in [5.41, 5.74) is 0. The molecule has 1 atom stereocenters. The number of hydrogen-bond donors (Lipinski definition) is 1. The van der Waals surface area contributed by atoms with Crippen molar-refractivity contribution in [3.8, 4) is 0 Å². The van der Waals surface area contributed by atoms with Gasteiger partial charge in [0.05, 0.1) is 0 Å². The van der Waals surface area contributed by atoms with E-state index < -0.39 is 0 Å². The summed E-state index contributed by atoms with van der Waals surface area (Å²) >= 11 is 1.88. The molecule has 0 amide bonds. The van der Waals surface area contributed by atoms with Crippen molar-refractivity contribution < 1.29 is 0 Å². The molecular weight excluding hydrogens is 214 g/mol. The maximum absolute atomic E-state index is 3.64. The van der Waals surface area contributed by atoms with Gasteiger partial charge in [-0.2, -0.15) is 0 Å². The van der Waals surface area contributed by atoms with E-state index in [4.69, 9.17) is 0 Å². The Morgan fingerprint density at radius 2 is 2.25 bits per heavy atom. The molecular formula is C14H23NS. The van der Waals surface area contributed by atoms with E-state index in [0.717, 1.165) is 11.8 Å². The molecule has 1 aliphatic rings. The van der Waals surface area contributed by atoms with Crippen LogP contribution in [-0.2, 0) is 6.42 Å². The number of nitrogens with one attached hydrogen (secondary N) is 1. The van der Waals surface area contributed by atoms with Crippen molar-refractivity contribution in [3.63, 3.8) is 0 Å². The molecule has 0 aromatic carbocycles. The van der Waals surface area contributed by atoms with Gasteiger partial charge in [0.1, 0.15) is 0 Å². The lowest BCUT2D eigenvalue weighted by atomic mass is 10.1. The molecule has 1 aromatic rings. The van der Waals surface area contributed by atoms with Crippen molar-refractivity contribution in [1.29, 1.82) is 0 Å². The Kier molecular flexibility index (Phi) is 4.86. The molecule has 90 valence electrons. The van der Waals surface area contributed by atoms with Gasteiger partial charge in [0.25, 0.3) is 0 Å². The van der Waals surface area contributed by atoms with Gasteiger partial charge in [-0.1, -0.05) is 25.8 Å². The zero-order valence-corrected chi connectivity index (χ0v) is 11.1. The molecule has 1 N–H and O–H groups in total. The molecule has 1 nitrogen and oxygen atoms in total. The second kappa shape index (κ2) is 6.41. The highest BCUT2D eigenvalue weighted by Crippen LogP contribution is 2.23. The van der Waals surface area contributed by atoms with Crippen LogP contribution in [0.2, 0.25) is 0 Å². The van der Waals surface area contributed by atoms with E-state index in [1.54, 1.807) is 0 Å². The first kappa shape index (κ1) is 12.1. The highest BCUT2D eigenvalue weighted by atomic mass is 32.1. The molecule has 0 bridgehead atoms. The molecule has 2 heteroatoms. The van der Waals surface area contributed by atoms with Gasteiger partial charge in [0.2, 0.25) is 0 Å². The summed E-state index contributed by atoms with van der Waals surface area (Å²) in [5, 5.41) is 5.82. The van der Waals surface area contributed by atoms with Crippen LogP contribution >= 0.6 is 11.3 Å². The van der Waals surface area contributed by atoms with Gasteiger partial charge in [0, 0.05) is 4.88 Å². The SMILES string of the molecule is CC(CNCC1CCCC1)Cc1cccs1. The number of hydrogen-bond acceptors (Lipinski definition) is 2. The highest BCUT2D eigenvalue weighted by molar-refractivity contribution is 7.09. The molecule has 0 aliphatic heterocycles. The summed E-state index contributed by atoms with van der Waals surface area (Å²) in [6, 6.07) is 4.40. The monoisotopic (exact) mass is 237 g/mol. The number of rotatable bonds is 6. The molecule has 1 aliphatic carbocycles. The topological polar surface area (TPSA) is 12.0 Å². The molecule has 0 spiro atoms. The van der Waals surface area contributed by atoms with Gasteiger partial charge in [-0.25, -0.2) is 0 Å². The largest absolute Gasteiger partial charge is 0.316 e. The van der Waals surface area contributed by atoms with Crippen molar-refractivity contribution >= 4 is 11.3 Å². The van der Waals surface area contributed by atoms with Gasteiger partial charge in [-0.05, 0) is 55.6 Å². The molecule has 0 radical (unpaired) electrons. The summed E-state index contributed by atoms with van der Waals surface area (Å²) in [4.78, 5) is 1.52. The molecule has 1 saturated carbocycles. The zero-order valence-electron chi connectivity index (χ0n) is 10.2. The van der Waals surface area contributed by atoms with Crippen LogP contribution in [0.4, 0.5) is 0 Å². The molecule has 0 saturated heterocycles. The first-order valence-electron chi connectivity index (χ1n) is 6.57. The minimum Gasteiger partial charge on any atom is -0.316 e. The average molecular weight is 237 g/mol. The minimum atomic E-state index is 0.764. The van der Waals surface area contributed by atoms with Gasteiger partial charge in [-0.15, -0.1) is 11.3 Å². The summed E-state index contributed by atoms with van der Waals surface area (Å²) in [6.07, 6.45) is 7.04. The second-order valence-corrected chi connectivity index (χ2v) is 6.23. The van der Waals surface area contributed by atoms with Crippen molar-refractivity contribution in [2.24, 2.45) is 11.8 Å². The lowest BCUT2D eigenvalue weighted by Gasteiger charge is -2.14. The Morgan fingerprint density at radius 3 is 2.94 bits per heavy atom. The molecule has 1 heterocycles. The van der Waals surface area contributed by atoms with Gasteiger partial charge in [-0.3, -0.25) is 0 Å². The predicted molar refractivity (Wildman–Crippen MR) is 72.0 cm³/mol. The third kappa shape index (κ3) is 3.91. The minimum absolute atomic E-state index is 0.764. The maximum atomic E-state index is 3.64. The Bertz CT molecular complexity index is 275. The predicted octanol–water partition coefficient (Wildman–Crippen LogP) is 3.71. The van der Waals surface area contributed by atoms with Crippen molar-refractivity contribution in [1.82, 2.24) is 5.32 Å². The Hall–Kier alpha value is -0.340. The Balaban J connectivity index is 1.58. The van der Waals surface area contributed by atoms with Crippen LogP contribution in [0, 0.1) is 11.8 Å². The second-order valence-electron chi connectivity index (χ2n) is 5.20. The van der Waals surface area contributed by atoms with Gasteiger partial charge < -0.3 is 5.32 Å². The lowest BCUT2D eigenvalue weighted by molar-refractivity contribution is 0.445. The third-order valence-corrected chi connectivity index (χ3v) is 4.43. The summed E-state index contributed by atoms with van der Waals surface area (Å²) in [5.74, 6) is 1.73. The standard InChI is InChI=1S/C14H23NS/c1-12(9-14-7-4-8-16-14)10-15-11-13-5-2-3-6-13/h4,7-8,12-13,15H,2-3,5-6,9-11H2,1H3. The first-order chi connectivity index (χ1) is 7.84. The van der Waals surface area contributed by atoms with Crippen LogP contribution in [0.5, 0.6) is 0 Å². The van der Waals surface area contributed by atoms with E-state index in [-0.39, 0.29) is 0 Å². The van der Waals surface area contributed by atoms with E-state index in [1.807, 2.05) is 11.3 Å². The fourth-order valence-electron chi connectivity index (χ4n) is 2.59. The van der Waals surface area contributed by atoms with Crippen LogP contribution in [-0.4, -0.2) is 13.1 Å². The summed E-state index contributed by atoms with van der Waals surface area (Å²) in [6.45, 7) is 4.77. The van der Waals surface area contributed by atoms with E-state index in [9.17, 15) is 0 Å². The smallest absolute Gasteiger partial charge is 0.00483 e. The van der Waals surface area contributed by atoms with E-state index >= 15 is 0 Å². The summed E-state index contributed by atoms with van der Waals surface area (Å²) in [7, 11) is 0. The van der Waals surface area contributed by atoms with Gasteiger partial charge in [0.15, 0.2) is 0 Å². The van der Waals surface area contributed by atoms with Crippen LogP contribution in [0.25, 0.3) is 0 Å². The highest BCUT2D eigenvalue weighted by Gasteiger charge is 2.14. The Labute approximate surface area is 103 Å². The molecule has 1 fully saturated rings. The normalized spacial score (nSPS) is 19.1. The zero-order chi connectivity index (χ0) is 11.2.